The zero-order valence-electron chi connectivity index (χ0n) is 14.8. The largest absolute Gasteiger partial charge is 0.496 e. The van der Waals surface area contributed by atoms with Gasteiger partial charge in [0.05, 0.1) is 12.0 Å². The van der Waals surface area contributed by atoms with Crippen molar-refractivity contribution >= 4 is 33.2 Å². The number of carbonyl (C=O) groups excluding carboxylic acids is 1. The summed E-state index contributed by atoms with van der Waals surface area (Å²) in [6.45, 7) is 0. The topological polar surface area (TPSA) is 75.7 Å². The van der Waals surface area contributed by atoms with Crippen LogP contribution >= 0.6 is 11.6 Å². The summed E-state index contributed by atoms with van der Waals surface area (Å²) in [4.78, 5) is 12.3. The number of methoxy groups -OCH3 is 1. The minimum Gasteiger partial charge on any atom is -0.496 e. The van der Waals surface area contributed by atoms with Gasteiger partial charge in [-0.05, 0) is 54.4 Å². The molecule has 0 saturated carbocycles. The van der Waals surface area contributed by atoms with Crippen LogP contribution in [0.25, 0.3) is 0 Å². The Labute approximate surface area is 158 Å². The van der Waals surface area contributed by atoms with Gasteiger partial charge in [0.2, 0.25) is 15.9 Å². The summed E-state index contributed by atoms with van der Waals surface area (Å²) in [5, 5.41) is 3.36. The van der Waals surface area contributed by atoms with E-state index in [9.17, 15) is 13.2 Å². The normalized spacial score (nSPS) is 11.4. The number of rotatable bonds is 7. The number of sulfonamides is 1. The van der Waals surface area contributed by atoms with E-state index in [1.807, 2.05) is 0 Å². The van der Waals surface area contributed by atoms with Crippen LogP contribution in [0.1, 0.15) is 12.0 Å². The van der Waals surface area contributed by atoms with Gasteiger partial charge in [-0.2, -0.15) is 0 Å². The second-order valence-electron chi connectivity index (χ2n) is 5.82. The lowest BCUT2D eigenvalue weighted by Crippen LogP contribution is -2.22. The summed E-state index contributed by atoms with van der Waals surface area (Å²) in [5.41, 5.74) is 1.30. The summed E-state index contributed by atoms with van der Waals surface area (Å²) in [7, 11) is 0.898. The van der Waals surface area contributed by atoms with Crippen molar-refractivity contribution in [1.82, 2.24) is 4.31 Å². The molecule has 1 N–H and O–H groups in total. The molecule has 2 aromatic rings. The maximum atomic E-state index is 12.3. The highest BCUT2D eigenvalue weighted by atomic mass is 35.5. The Morgan fingerprint density at radius 3 is 2.38 bits per heavy atom. The van der Waals surface area contributed by atoms with Crippen molar-refractivity contribution < 1.29 is 17.9 Å². The first kappa shape index (κ1) is 20.2. The molecule has 0 aromatic heterocycles. The Morgan fingerprint density at radius 2 is 1.81 bits per heavy atom. The summed E-state index contributed by atoms with van der Waals surface area (Å²) >= 11 is 5.82. The standard InChI is InChI=1S/C18H21ClN2O4S/c1-21(2)26(23,24)16-9-10-17(25-3)13(12-16)4-11-18(22)20-15-7-5-14(19)6-8-15/h5-10,12H,4,11H2,1-3H3,(H,20,22). The van der Waals surface area contributed by atoms with E-state index in [0.29, 0.717) is 28.4 Å². The molecule has 0 fully saturated rings. The second kappa shape index (κ2) is 8.53. The first-order valence-corrected chi connectivity index (χ1v) is 9.70. The van der Waals surface area contributed by atoms with Crippen molar-refractivity contribution in [3.05, 3.63) is 53.1 Å². The molecule has 0 atom stereocenters. The van der Waals surface area contributed by atoms with E-state index >= 15 is 0 Å². The average Bonchev–Trinajstić information content (AvgIpc) is 2.61. The van der Waals surface area contributed by atoms with E-state index in [1.165, 1.54) is 27.3 Å². The number of aryl methyl sites for hydroxylation is 1. The van der Waals surface area contributed by atoms with E-state index in [-0.39, 0.29) is 17.2 Å². The van der Waals surface area contributed by atoms with Gasteiger partial charge < -0.3 is 10.1 Å². The lowest BCUT2D eigenvalue weighted by molar-refractivity contribution is -0.116. The Balaban J connectivity index is 2.12. The molecule has 0 aliphatic carbocycles. The fourth-order valence-corrected chi connectivity index (χ4v) is 3.41. The van der Waals surface area contributed by atoms with E-state index in [2.05, 4.69) is 5.32 Å². The Bertz CT molecular complexity index is 881. The highest BCUT2D eigenvalue weighted by Gasteiger charge is 2.19. The average molecular weight is 397 g/mol. The quantitative estimate of drug-likeness (QED) is 0.779. The van der Waals surface area contributed by atoms with Gasteiger partial charge in [0.15, 0.2) is 0 Å². The van der Waals surface area contributed by atoms with E-state index in [0.717, 1.165) is 4.31 Å². The first-order chi connectivity index (χ1) is 12.2. The van der Waals surface area contributed by atoms with Crippen molar-refractivity contribution in [3.8, 4) is 5.75 Å². The third-order valence-electron chi connectivity index (χ3n) is 3.78. The number of halogens is 1. The van der Waals surface area contributed by atoms with Crippen LogP contribution in [-0.2, 0) is 21.2 Å². The Kier molecular flexibility index (Phi) is 6.63. The zero-order valence-corrected chi connectivity index (χ0v) is 16.4. The van der Waals surface area contributed by atoms with Crippen LogP contribution in [0.5, 0.6) is 5.75 Å². The molecular formula is C18H21ClN2O4S. The molecule has 0 spiro atoms. The number of carbonyl (C=O) groups is 1. The van der Waals surface area contributed by atoms with Gasteiger partial charge in [-0.1, -0.05) is 11.6 Å². The third-order valence-corrected chi connectivity index (χ3v) is 5.84. The van der Waals surface area contributed by atoms with E-state index < -0.39 is 10.0 Å². The molecule has 0 aliphatic heterocycles. The summed E-state index contributed by atoms with van der Waals surface area (Å²) in [6, 6.07) is 11.4. The van der Waals surface area contributed by atoms with E-state index in [1.54, 1.807) is 36.4 Å². The third kappa shape index (κ3) is 4.97. The number of benzene rings is 2. The number of hydrogen-bond acceptors (Lipinski definition) is 4. The predicted molar refractivity (Wildman–Crippen MR) is 102 cm³/mol. The fourth-order valence-electron chi connectivity index (χ4n) is 2.33. The molecule has 0 bridgehead atoms. The van der Waals surface area contributed by atoms with Crippen LogP contribution in [0.2, 0.25) is 5.02 Å². The molecule has 26 heavy (non-hydrogen) atoms. The molecule has 0 unspecified atom stereocenters. The van der Waals surface area contributed by atoms with Crippen LogP contribution in [-0.4, -0.2) is 39.8 Å². The fraction of sp³-hybridized carbons (Fsp3) is 0.278. The Hall–Kier alpha value is -2.09. The van der Waals surface area contributed by atoms with Crippen molar-refractivity contribution in [2.75, 3.05) is 26.5 Å². The van der Waals surface area contributed by atoms with Gasteiger partial charge in [-0.3, -0.25) is 4.79 Å². The SMILES string of the molecule is COc1ccc(S(=O)(=O)N(C)C)cc1CCC(=O)Nc1ccc(Cl)cc1. The summed E-state index contributed by atoms with van der Waals surface area (Å²) in [6.07, 6.45) is 0.532. The number of nitrogens with one attached hydrogen (secondary N) is 1. The van der Waals surface area contributed by atoms with E-state index in [4.69, 9.17) is 16.3 Å². The maximum Gasteiger partial charge on any atom is 0.242 e. The monoisotopic (exact) mass is 396 g/mol. The Morgan fingerprint density at radius 1 is 1.15 bits per heavy atom. The molecule has 2 aromatic carbocycles. The zero-order chi connectivity index (χ0) is 19.3. The van der Waals surface area contributed by atoms with Gasteiger partial charge in [0.25, 0.3) is 0 Å². The van der Waals surface area contributed by atoms with Crippen molar-refractivity contribution in [2.45, 2.75) is 17.7 Å². The number of amides is 1. The van der Waals surface area contributed by atoms with Crippen molar-refractivity contribution in [1.29, 1.82) is 0 Å². The second-order valence-corrected chi connectivity index (χ2v) is 8.40. The lowest BCUT2D eigenvalue weighted by atomic mass is 10.1. The molecule has 0 saturated heterocycles. The molecule has 0 heterocycles. The highest BCUT2D eigenvalue weighted by molar-refractivity contribution is 7.89. The van der Waals surface area contributed by atoms with Crippen LogP contribution in [0.15, 0.2) is 47.4 Å². The molecule has 1 amide bonds. The summed E-state index contributed by atoms with van der Waals surface area (Å²) < 4.78 is 31.0. The molecule has 0 radical (unpaired) electrons. The lowest BCUT2D eigenvalue weighted by Gasteiger charge is -2.14. The molecule has 0 aliphatic rings. The van der Waals surface area contributed by atoms with Gasteiger partial charge in [-0.25, -0.2) is 12.7 Å². The van der Waals surface area contributed by atoms with Crippen molar-refractivity contribution in [2.24, 2.45) is 0 Å². The van der Waals surface area contributed by atoms with Gasteiger partial charge in [0, 0.05) is 31.2 Å². The number of anilines is 1. The minimum atomic E-state index is -3.55. The van der Waals surface area contributed by atoms with Gasteiger partial charge in [0.1, 0.15) is 5.75 Å². The maximum absolute atomic E-state index is 12.3. The molecule has 8 heteroatoms. The molecule has 2 rings (SSSR count). The van der Waals surface area contributed by atoms with Crippen LogP contribution in [0.3, 0.4) is 0 Å². The van der Waals surface area contributed by atoms with Crippen LogP contribution in [0.4, 0.5) is 5.69 Å². The predicted octanol–water partition coefficient (Wildman–Crippen LogP) is 3.17. The summed E-state index contributed by atoms with van der Waals surface area (Å²) in [5.74, 6) is 0.359. The van der Waals surface area contributed by atoms with Crippen LogP contribution < -0.4 is 10.1 Å². The smallest absolute Gasteiger partial charge is 0.242 e. The number of nitrogens with zero attached hydrogens (tertiary/aromatic N) is 1. The number of hydrogen-bond donors (Lipinski definition) is 1. The first-order valence-electron chi connectivity index (χ1n) is 7.89. The molecule has 140 valence electrons. The van der Waals surface area contributed by atoms with Gasteiger partial charge >= 0.3 is 0 Å². The molecule has 6 nitrogen and oxygen atoms in total. The van der Waals surface area contributed by atoms with Crippen LogP contribution in [0, 0.1) is 0 Å². The highest BCUT2D eigenvalue weighted by Crippen LogP contribution is 2.25. The molecular weight excluding hydrogens is 376 g/mol. The van der Waals surface area contributed by atoms with Gasteiger partial charge in [-0.15, -0.1) is 0 Å². The number of ether oxygens (including phenoxy) is 1. The van der Waals surface area contributed by atoms with Crippen molar-refractivity contribution in [3.63, 3.8) is 0 Å². The minimum absolute atomic E-state index is 0.163.